The number of hydrogen-bond donors (Lipinski definition) is 0. The molecular weight excluding hydrogens is 625 g/mol. The van der Waals surface area contributed by atoms with E-state index >= 15 is 0 Å². The van der Waals surface area contributed by atoms with Crippen LogP contribution in [0.5, 0.6) is 0 Å². The van der Waals surface area contributed by atoms with Gasteiger partial charge in [-0.2, -0.15) is 0 Å². The highest BCUT2D eigenvalue weighted by atomic mass is 28.4. The van der Waals surface area contributed by atoms with E-state index in [0.717, 1.165) is 25.7 Å². The van der Waals surface area contributed by atoms with E-state index in [4.69, 9.17) is 13.6 Å². The maximum atomic E-state index is 12.8. The van der Waals surface area contributed by atoms with Crippen molar-refractivity contribution < 1.29 is 18.4 Å². The number of allylic oxidation sites excluding steroid dienone is 2. The average Bonchev–Trinajstić information content (AvgIpc) is 3.01. The molecule has 278 valence electrons. The molecule has 0 amide bonds. The summed E-state index contributed by atoms with van der Waals surface area (Å²) in [4.78, 5) is 12.8. The smallest absolute Gasteiger partial charge is 0.303 e. The van der Waals surface area contributed by atoms with Gasteiger partial charge in [0.1, 0.15) is 6.10 Å². The molecule has 0 heterocycles. The van der Waals surface area contributed by atoms with Gasteiger partial charge in [0.05, 0.1) is 11.9 Å². The molecule has 0 radical (unpaired) electrons. The van der Waals surface area contributed by atoms with E-state index in [1.165, 1.54) is 68.0 Å². The number of carbonyl (C=O) groups excluding carboxylic acids is 1. The summed E-state index contributed by atoms with van der Waals surface area (Å²) in [5, 5.41) is 0. The normalized spacial score (nSPS) is 29.0. The number of rotatable bonds is 18. The van der Waals surface area contributed by atoms with Gasteiger partial charge in [0.15, 0.2) is 8.32 Å². The lowest BCUT2D eigenvalue weighted by molar-refractivity contribution is -0.150. The van der Waals surface area contributed by atoms with Crippen LogP contribution < -0.4 is 0 Å². The fourth-order valence-electron chi connectivity index (χ4n) is 10.4. The third-order valence-electron chi connectivity index (χ3n) is 13.2. The zero-order valence-corrected chi connectivity index (χ0v) is 36.1. The van der Waals surface area contributed by atoms with Crippen molar-refractivity contribution in [3.05, 3.63) is 23.5 Å². The standard InChI is InChI=1S/C42H78O4Si2/c1-15-19-24-47(25-20-16-2,26-21-17-3)45-36-22-23-41(12,13)35-27-37(44-33(11)43)34-28-42(14,18-4)29-38(39(34)40(35)36)46-48(30(5)6,31(7)8)32(9)10/h27,29-32,34,36-37,39-40H,15-26,28H2,1-14H3/t34-,36+,37+,39-,40-,42-/m1/s1. The first-order valence-electron chi connectivity index (χ1n) is 20.4. The van der Waals surface area contributed by atoms with E-state index in [0.29, 0.717) is 16.6 Å². The molecule has 1 fully saturated rings. The van der Waals surface area contributed by atoms with Crippen molar-refractivity contribution in [3.63, 3.8) is 0 Å². The zero-order valence-electron chi connectivity index (χ0n) is 34.1. The Bertz CT molecular complexity index is 1060. The van der Waals surface area contributed by atoms with Crippen LogP contribution in [0.15, 0.2) is 23.5 Å². The van der Waals surface area contributed by atoms with E-state index in [2.05, 4.69) is 102 Å². The minimum atomic E-state index is -2.26. The summed E-state index contributed by atoms with van der Waals surface area (Å²) >= 11 is 0. The molecule has 4 nitrogen and oxygen atoms in total. The number of esters is 1. The number of fused-ring (bicyclic) bond motifs is 3. The third-order valence-corrected chi connectivity index (χ3v) is 23.8. The second-order valence-electron chi connectivity index (χ2n) is 18.2. The van der Waals surface area contributed by atoms with Crippen LogP contribution in [-0.4, -0.2) is 34.8 Å². The summed E-state index contributed by atoms with van der Waals surface area (Å²) in [6.45, 7) is 32.7. The van der Waals surface area contributed by atoms with Gasteiger partial charge in [0.25, 0.3) is 8.32 Å². The molecule has 0 spiro atoms. The lowest BCUT2D eigenvalue weighted by Crippen LogP contribution is -2.57. The molecule has 0 aliphatic heterocycles. The van der Waals surface area contributed by atoms with E-state index in [-0.39, 0.29) is 46.8 Å². The molecule has 0 aromatic rings. The summed E-state index contributed by atoms with van der Waals surface area (Å²) in [6, 6.07) is 3.86. The Morgan fingerprint density at radius 2 is 1.38 bits per heavy atom. The van der Waals surface area contributed by atoms with Crippen molar-refractivity contribution in [1.29, 1.82) is 0 Å². The van der Waals surface area contributed by atoms with Gasteiger partial charge in [-0.25, -0.2) is 0 Å². The second-order valence-corrected chi connectivity index (χ2v) is 27.6. The Hall–Kier alpha value is -0.856. The van der Waals surface area contributed by atoms with E-state index < -0.39 is 16.6 Å². The highest BCUT2D eigenvalue weighted by Gasteiger charge is 2.58. The minimum Gasteiger partial charge on any atom is -0.546 e. The Kier molecular flexibility index (Phi) is 14.8. The van der Waals surface area contributed by atoms with E-state index in [1.807, 2.05) is 0 Å². The van der Waals surface area contributed by atoms with Crippen LogP contribution in [0.2, 0.25) is 34.8 Å². The van der Waals surface area contributed by atoms with E-state index in [1.54, 1.807) is 6.92 Å². The monoisotopic (exact) mass is 703 g/mol. The van der Waals surface area contributed by atoms with Gasteiger partial charge < -0.3 is 13.6 Å². The van der Waals surface area contributed by atoms with Gasteiger partial charge in [0, 0.05) is 24.7 Å². The van der Waals surface area contributed by atoms with Crippen LogP contribution in [0.25, 0.3) is 0 Å². The van der Waals surface area contributed by atoms with Crippen molar-refractivity contribution in [2.75, 3.05) is 0 Å². The average molecular weight is 703 g/mol. The summed E-state index contributed by atoms with van der Waals surface area (Å²) < 4.78 is 22.1. The fraction of sp³-hybridized carbons (Fsp3) is 0.881. The molecule has 0 N–H and O–H groups in total. The maximum absolute atomic E-state index is 12.8. The van der Waals surface area contributed by atoms with Gasteiger partial charge in [-0.1, -0.05) is 134 Å². The van der Waals surface area contributed by atoms with Crippen LogP contribution in [0.4, 0.5) is 0 Å². The van der Waals surface area contributed by atoms with E-state index in [9.17, 15) is 4.79 Å². The number of ether oxygens (including phenoxy) is 1. The molecule has 0 unspecified atom stereocenters. The van der Waals surface area contributed by atoms with Gasteiger partial charge >= 0.3 is 5.97 Å². The van der Waals surface area contributed by atoms with Crippen LogP contribution in [0.1, 0.15) is 161 Å². The van der Waals surface area contributed by atoms with Crippen molar-refractivity contribution in [2.24, 2.45) is 28.6 Å². The molecular formula is C42H78O4Si2. The van der Waals surface area contributed by atoms with Crippen molar-refractivity contribution in [2.45, 2.75) is 208 Å². The molecule has 0 aromatic carbocycles. The predicted octanol–water partition coefficient (Wildman–Crippen LogP) is 13.2. The Balaban J connectivity index is 2.31. The largest absolute Gasteiger partial charge is 0.546 e. The van der Waals surface area contributed by atoms with Crippen LogP contribution >= 0.6 is 0 Å². The molecule has 1 saturated carbocycles. The summed E-state index contributed by atoms with van der Waals surface area (Å²) in [5.41, 5.74) is 2.95. The fourth-order valence-corrected chi connectivity index (χ4v) is 20.7. The van der Waals surface area contributed by atoms with Gasteiger partial charge in [-0.3, -0.25) is 4.79 Å². The molecule has 0 bridgehead atoms. The summed E-state index contributed by atoms with van der Waals surface area (Å²) in [5.74, 6) is 1.65. The highest BCUT2D eigenvalue weighted by Crippen LogP contribution is 2.60. The molecule has 48 heavy (non-hydrogen) atoms. The first kappa shape index (κ1) is 41.6. The summed E-state index contributed by atoms with van der Waals surface area (Å²) in [6.07, 6.45) is 16.8. The van der Waals surface area contributed by atoms with Crippen LogP contribution in [0, 0.1) is 28.6 Å². The van der Waals surface area contributed by atoms with Crippen molar-refractivity contribution >= 4 is 22.6 Å². The topological polar surface area (TPSA) is 44.8 Å². The lowest BCUT2D eigenvalue weighted by atomic mass is 9.53. The molecule has 6 atom stereocenters. The first-order valence-corrected chi connectivity index (χ1v) is 25.1. The molecule has 3 aliphatic carbocycles. The van der Waals surface area contributed by atoms with Crippen LogP contribution in [0.3, 0.4) is 0 Å². The second kappa shape index (κ2) is 17.1. The number of carbonyl (C=O) groups is 1. The molecule has 6 heteroatoms. The lowest BCUT2D eigenvalue weighted by Gasteiger charge is -2.57. The highest BCUT2D eigenvalue weighted by molar-refractivity contribution is 6.78. The third kappa shape index (κ3) is 8.95. The summed E-state index contributed by atoms with van der Waals surface area (Å²) in [7, 11) is -4.25. The number of unbranched alkanes of at least 4 members (excludes halogenated alkanes) is 3. The number of hydrogen-bond acceptors (Lipinski definition) is 4. The van der Waals surface area contributed by atoms with Crippen LogP contribution in [-0.2, 0) is 18.4 Å². The van der Waals surface area contributed by atoms with Gasteiger partial charge in [-0.15, -0.1) is 0 Å². The Morgan fingerprint density at radius 3 is 1.81 bits per heavy atom. The minimum absolute atomic E-state index is 0.00621. The zero-order chi connectivity index (χ0) is 36.1. The molecule has 0 aromatic heterocycles. The molecule has 3 rings (SSSR count). The Morgan fingerprint density at radius 1 is 0.854 bits per heavy atom. The van der Waals surface area contributed by atoms with Crippen molar-refractivity contribution in [1.82, 2.24) is 0 Å². The SMILES string of the molecule is CCCC[Si](CCCC)(CCCC)O[C@H]1CCC(C)(C)C2=C[C@H](OC(C)=O)[C@H]3C[C@@](C)(CC)C=C(O[Si](C(C)C)(C(C)C)C(C)C)[C@@H]3[C@H]21. The van der Waals surface area contributed by atoms with Crippen molar-refractivity contribution in [3.8, 4) is 0 Å². The maximum Gasteiger partial charge on any atom is 0.303 e. The van der Waals surface area contributed by atoms with Gasteiger partial charge in [0.2, 0.25) is 0 Å². The quantitative estimate of drug-likeness (QED) is 0.0810. The Labute approximate surface area is 300 Å². The van der Waals surface area contributed by atoms with Gasteiger partial charge in [-0.05, 0) is 83.4 Å². The predicted molar refractivity (Wildman–Crippen MR) is 210 cm³/mol. The molecule has 3 aliphatic rings. The first-order chi connectivity index (χ1) is 22.5. The molecule has 0 saturated heterocycles.